The second-order valence-electron chi connectivity index (χ2n) is 3.73. The van der Waals surface area contributed by atoms with Crippen molar-refractivity contribution in [3.63, 3.8) is 0 Å². The largest absolute Gasteiger partial charge is 0.371 e. The molecule has 0 fully saturated rings. The highest BCUT2D eigenvalue weighted by molar-refractivity contribution is 9.08. The van der Waals surface area contributed by atoms with Crippen molar-refractivity contribution in [3.05, 3.63) is 28.8 Å². The van der Waals surface area contributed by atoms with Crippen molar-refractivity contribution in [2.45, 2.75) is 24.7 Å². The maximum Gasteiger partial charge on any atom is 0.0643 e. The van der Waals surface area contributed by atoms with E-state index in [0.29, 0.717) is 6.42 Å². The first-order valence-corrected chi connectivity index (χ1v) is 6.54. The van der Waals surface area contributed by atoms with Crippen molar-refractivity contribution in [3.8, 4) is 6.07 Å². The zero-order valence-electron chi connectivity index (χ0n) is 9.37. The number of hydrogen-bond donors (Lipinski definition) is 0. The van der Waals surface area contributed by atoms with Gasteiger partial charge in [0.05, 0.1) is 12.5 Å². The molecule has 0 saturated heterocycles. The summed E-state index contributed by atoms with van der Waals surface area (Å²) in [7, 11) is 1.99. The molecule has 1 atom stereocenters. The van der Waals surface area contributed by atoms with E-state index < -0.39 is 0 Å². The Hall–Kier alpha value is -0.720. The molecule has 0 spiro atoms. The lowest BCUT2D eigenvalue weighted by molar-refractivity contribution is 0.701. The molecule has 1 unspecified atom stereocenters. The average molecular weight is 302 g/mol. The summed E-state index contributed by atoms with van der Waals surface area (Å²) in [6, 6.07) is 8.18. The van der Waals surface area contributed by atoms with Crippen molar-refractivity contribution in [2.24, 2.45) is 0 Å². The molecule has 0 radical (unpaired) electrons. The van der Waals surface area contributed by atoms with Gasteiger partial charge in [0.15, 0.2) is 0 Å². The van der Waals surface area contributed by atoms with Gasteiger partial charge in [0.1, 0.15) is 0 Å². The molecule has 1 rings (SSSR count). The summed E-state index contributed by atoms with van der Waals surface area (Å²) in [6.07, 6.45) is 0.505. The molecule has 0 aliphatic heterocycles. The van der Waals surface area contributed by atoms with Gasteiger partial charge in [0.2, 0.25) is 0 Å². The van der Waals surface area contributed by atoms with Gasteiger partial charge >= 0.3 is 0 Å². The first kappa shape index (κ1) is 13.3. The maximum absolute atomic E-state index is 8.70. The third-order valence-electron chi connectivity index (χ3n) is 2.62. The molecule has 0 amide bonds. The zero-order chi connectivity index (χ0) is 12.1. The Morgan fingerprint density at radius 2 is 2.25 bits per heavy atom. The van der Waals surface area contributed by atoms with Crippen LogP contribution < -0.4 is 4.90 Å². The number of hydrogen-bond acceptors (Lipinski definition) is 2. The molecule has 1 aromatic rings. The second kappa shape index (κ2) is 6.12. The summed E-state index contributed by atoms with van der Waals surface area (Å²) < 4.78 is 0. The lowest BCUT2D eigenvalue weighted by Crippen LogP contribution is -2.29. The first-order chi connectivity index (χ1) is 7.60. The molecule has 0 bridgehead atoms. The molecule has 0 N–H and O–H groups in total. The number of nitriles is 1. The van der Waals surface area contributed by atoms with Gasteiger partial charge in [-0.3, -0.25) is 0 Å². The molecular weight excluding hydrogens is 288 g/mol. The third-order valence-corrected chi connectivity index (χ3v) is 3.46. The minimum atomic E-state index is 0.182. The van der Waals surface area contributed by atoms with E-state index in [-0.39, 0.29) is 6.04 Å². The van der Waals surface area contributed by atoms with E-state index in [1.54, 1.807) is 0 Å². The standard InChI is InChI=1S/C12H14BrClN2/c1-9(5-6-15)16(2)12-7-11(14)4-3-10(12)8-13/h3-4,7,9H,5,8H2,1-2H3. The Morgan fingerprint density at radius 1 is 1.56 bits per heavy atom. The van der Waals surface area contributed by atoms with Gasteiger partial charge in [-0.2, -0.15) is 5.26 Å². The van der Waals surface area contributed by atoms with Crippen molar-refractivity contribution < 1.29 is 0 Å². The molecule has 1 aromatic carbocycles. The quantitative estimate of drug-likeness (QED) is 0.787. The molecule has 0 aromatic heterocycles. The number of benzene rings is 1. The van der Waals surface area contributed by atoms with Crippen LogP contribution in [-0.4, -0.2) is 13.1 Å². The predicted molar refractivity (Wildman–Crippen MR) is 72.2 cm³/mol. The van der Waals surface area contributed by atoms with Crippen molar-refractivity contribution >= 4 is 33.2 Å². The van der Waals surface area contributed by atoms with E-state index in [0.717, 1.165) is 16.0 Å². The van der Waals surface area contributed by atoms with Crippen molar-refractivity contribution in [2.75, 3.05) is 11.9 Å². The normalized spacial score (nSPS) is 11.9. The number of anilines is 1. The maximum atomic E-state index is 8.70. The van der Waals surface area contributed by atoms with Crippen LogP contribution in [0.1, 0.15) is 18.9 Å². The third kappa shape index (κ3) is 3.13. The van der Waals surface area contributed by atoms with Gasteiger partial charge in [-0.15, -0.1) is 0 Å². The lowest BCUT2D eigenvalue weighted by atomic mass is 10.1. The first-order valence-electron chi connectivity index (χ1n) is 5.04. The highest BCUT2D eigenvalue weighted by Gasteiger charge is 2.13. The van der Waals surface area contributed by atoms with Gasteiger partial charge in [-0.05, 0) is 24.6 Å². The predicted octanol–water partition coefficient (Wildman–Crippen LogP) is 3.97. The zero-order valence-corrected chi connectivity index (χ0v) is 11.7. The van der Waals surface area contributed by atoms with Crippen molar-refractivity contribution in [1.82, 2.24) is 0 Å². The molecule has 4 heteroatoms. The van der Waals surface area contributed by atoms with E-state index in [4.69, 9.17) is 16.9 Å². The van der Waals surface area contributed by atoms with Crippen LogP contribution >= 0.6 is 27.5 Å². The molecule has 16 heavy (non-hydrogen) atoms. The highest BCUT2D eigenvalue weighted by atomic mass is 79.9. The Labute approximate surface area is 110 Å². The van der Waals surface area contributed by atoms with E-state index in [2.05, 4.69) is 26.9 Å². The topological polar surface area (TPSA) is 27.0 Å². The average Bonchev–Trinajstić information content (AvgIpc) is 2.28. The van der Waals surface area contributed by atoms with Crippen molar-refractivity contribution in [1.29, 1.82) is 5.26 Å². The number of halogens is 2. The monoisotopic (exact) mass is 300 g/mol. The van der Waals surface area contributed by atoms with E-state index >= 15 is 0 Å². The Kier molecular flexibility index (Phi) is 5.11. The fourth-order valence-electron chi connectivity index (χ4n) is 1.48. The van der Waals surface area contributed by atoms with E-state index in [1.165, 1.54) is 5.56 Å². The molecule has 86 valence electrons. The molecule has 2 nitrogen and oxygen atoms in total. The smallest absolute Gasteiger partial charge is 0.0643 e. The van der Waals surface area contributed by atoms with Crippen LogP contribution in [0, 0.1) is 11.3 Å². The summed E-state index contributed by atoms with van der Waals surface area (Å²) in [4.78, 5) is 2.09. The summed E-state index contributed by atoms with van der Waals surface area (Å²) in [5.74, 6) is 0. The number of rotatable bonds is 4. The summed E-state index contributed by atoms with van der Waals surface area (Å²) in [5.41, 5.74) is 2.25. The lowest BCUT2D eigenvalue weighted by Gasteiger charge is -2.27. The summed E-state index contributed by atoms with van der Waals surface area (Å²) in [6.45, 7) is 2.03. The van der Waals surface area contributed by atoms with Gasteiger partial charge < -0.3 is 4.90 Å². The van der Waals surface area contributed by atoms with Crippen LogP contribution in [-0.2, 0) is 5.33 Å². The van der Waals surface area contributed by atoms with Crippen LogP contribution in [0.15, 0.2) is 18.2 Å². The number of nitrogens with zero attached hydrogens (tertiary/aromatic N) is 2. The van der Waals surface area contributed by atoms with E-state index in [9.17, 15) is 0 Å². The minimum absolute atomic E-state index is 0.182. The fourth-order valence-corrected chi connectivity index (χ4v) is 2.13. The minimum Gasteiger partial charge on any atom is -0.371 e. The van der Waals surface area contributed by atoms with Gasteiger partial charge in [-0.1, -0.05) is 33.6 Å². The Morgan fingerprint density at radius 3 is 2.81 bits per heavy atom. The van der Waals surface area contributed by atoms with Crippen LogP contribution in [0.2, 0.25) is 5.02 Å². The molecular formula is C12H14BrClN2. The van der Waals surface area contributed by atoms with Crippen LogP contribution in [0.25, 0.3) is 0 Å². The van der Waals surface area contributed by atoms with Gasteiger partial charge in [0, 0.05) is 29.1 Å². The SMILES string of the molecule is CC(CC#N)N(C)c1cc(Cl)ccc1CBr. The molecule has 0 aliphatic carbocycles. The molecule has 0 aliphatic rings. The Balaban J connectivity index is 3.01. The fraction of sp³-hybridized carbons (Fsp3) is 0.417. The number of alkyl halides is 1. The highest BCUT2D eigenvalue weighted by Crippen LogP contribution is 2.27. The summed E-state index contributed by atoms with van der Waals surface area (Å²) >= 11 is 9.45. The van der Waals surface area contributed by atoms with Gasteiger partial charge in [-0.25, -0.2) is 0 Å². The second-order valence-corrected chi connectivity index (χ2v) is 4.73. The molecule has 0 heterocycles. The van der Waals surface area contributed by atoms with Crippen LogP contribution in [0.5, 0.6) is 0 Å². The van der Waals surface area contributed by atoms with Gasteiger partial charge in [0.25, 0.3) is 0 Å². The Bertz CT molecular complexity index is 400. The summed E-state index contributed by atoms with van der Waals surface area (Å²) in [5, 5.41) is 10.2. The van der Waals surface area contributed by atoms with Crippen LogP contribution in [0.3, 0.4) is 0 Å². The van der Waals surface area contributed by atoms with E-state index in [1.807, 2.05) is 32.2 Å². The van der Waals surface area contributed by atoms with Crippen LogP contribution in [0.4, 0.5) is 5.69 Å². The molecule has 0 saturated carbocycles.